The highest BCUT2D eigenvalue weighted by Crippen LogP contribution is 2.27. The summed E-state index contributed by atoms with van der Waals surface area (Å²) in [5.41, 5.74) is 0. The molecule has 1 fully saturated rings. The van der Waals surface area contributed by atoms with Crippen LogP contribution in [0.3, 0.4) is 0 Å². The van der Waals surface area contributed by atoms with Gasteiger partial charge in [0.15, 0.2) is 0 Å². The molecule has 0 saturated heterocycles. The van der Waals surface area contributed by atoms with Gasteiger partial charge in [-0.3, -0.25) is 0 Å². The van der Waals surface area contributed by atoms with Gasteiger partial charge >= 0.3 is 0 Å². The summed E-state index contributed by atoms with van der Waals surface area (Å²) in [6.07, 6.45) is 5.62. The van der Waals surface area contributed by atoms with Gasteiger partial charge in [-0.15, -0.1) is 0 Å². The Morgan fingerprint density at radius 3 is 2.64 bits per heavy atom. The van der Waals surface area contributed by atoms with Gasteiger partial charge in [-0.25, -0.2) is 0 Å². The molecular weight excluding hydrogens is 172 g/mol. The Balaban J connectivity index is 2.03. The van der Waals surface area contributed by atoms with E-state index in [-0.39, 0.29) is 0 Å². The molecule has 0 aromatic rings. The monoisotopic (exact) mass is 198 g/mol. The zero-order valence-corrected chi connectivity index (χ0v) is 10.1. The predicted molar refractivity (Wildman–Crippen MR) is 62.6 cm³/mol. The second-order valence-corrected chi connectivity index (χ2v) is 4.63. The Morgan fingerprint density at radius 1 is 1.29 bits per heavy atom. The van der Waals surface area contributed by atoms with Crippen molar-refractivity contribution in [2.45, 2.75) is 45.6 Å². The number of rotatable bonds is 6. The van der Waals surface area contributed by atoms with Crippen LogP contribution in [0.5, 0.6) is 0 Å². The lowest BCUT2D eigenvalue weighted by Gasteiger charge is -2.17. The van der Waals surface area contributed by atoms with E-state index < -0.39 is 0 Å². The molecule has 0 bridgehead atoms. The Bertz CT molecular complexity index is 147. The largest absolute Gasteiger partial charge is 0.313 e. The van der Waals surface area contributed by atoms with Gasteiger partial charge in [0.2, 0.25) is 0 Å². The minimum absolute atomic E-state index is 0.810. The second-order valence-electron chi connectivity index (χ2n) is 4.63. The van der Waals surface area contributed by atoms with Crippen LogP contribution in [0, 0.1) is 5.92 Å². The van der Waals surface area contributed by atoms with E-state index in [9.17, 15) is 0 Å². The molecule has 1 rings (SSSR count). The molecule has 2 heteroatoms. The van der Waals surface area contributed by atoms with E-state index in [0.717, 1.165) is 25.0 Å². The van der Waals surface area contributed by atoms with Gasteiger partial charge in [-0.1, -0.05) is 20.3 Å². The van der Waals surface area contributed by atoms with E-state index in [4.69, 9.17) is 0 Å². The molecule has 2 unspecified atom stereocenters. The van der Waals surface area contributed by atoms with Crippen molar-refractivity contribution in [1.82, 2.24) is 10.2 Å². The molecule has 0 amide bonds. The molecular formula is C12H26N2. The van der Waals surface area contributed by atoms with Crippen molar-refractivity contribution in [3.05, 3.63) is 0 Å². The maximum atomic E-state index is 3.67. The first kappa shape index (κ1) is 12.0. The van der Waals surface area contributed by atoms with Crippen molar-refractivity contribution in [2.24, 2.45) is 5.92 Å². The zero-order chi connectivity index (χ0) is 10.4. The third-order valence-electron chi connectivity index (χ3n) is 3.58. The van der Waals surface area contributed by atoms with Crippen LogP contribution in [0.4, 0.5) is 0 Å². The lowest BCUT2D eigenvalue weighted by atomic mass is 10.1. The fourth-order valence-electron chi connectivity index (χ4n) is 2.25. The van der Waals surface area contributed by atoms with Gasteiger partial charge in [0.05, 0.1) is 0 Å². The topological polar surface area (TPSA) is 15.3 Å². The molecule has 0 spiro atoms. The van der Waals surface area contributed by atoms with E-state index in [0.29, 0.717) is 0 Å². The average molecular weight is 198 g/mol. The smallest absolute Gasteiger partial charge is 0.0104 e. The number of nitrogens with one attached hydrogen (secondary N) is 1. The summed E-state index contributed by atoms with van der Waals surface area (Å²) in [6, 6.07) is 0.810. The summed E-state index contributed by atoms with van der Waals surface area (Å²) in [4.78, 5) is 2.36. The number of hydrogen-bond acceptors (Lipinski definition) is 2. The van der Waals surface area contributed by atoms with Crippen molar-refractivity contribution < 1.29 is 0 Å². The molecule has 0 radical (unpaired) electrons. The van der Waals surface area contributed by atoms with E-state index in [1.165, 1.54) is 32.2 Å². The number of nitrogens with zero attached hydrogens (tertiary/aromatic N) is 1. The molecule has 84 valence electrons. The maximum absolute atomic E-state index is 3.67. The summed E-state index contributed by atoms with van der Waals surface area (Å²) in [7, 11) is 2.19. The Kier molecular flexibility index (Phi) is 5.49. The van der Waals surface area contributed by atoms with Crippen LogP contribution >= 0.6 is 0 Å². The first-order valence-corrected chi connectivity index (χ1v) is 6.18. The highest BCUT2D eigenvalue weighted by atomic mass is 15.1. The van der Waals surface area contributed by atoms with Crippen LogP contribution in [0.25, 0.3) is 0 Å². The van der Waals surface area contributed by atoms with Gasteiger partial charge in [0, 0.05) is 19.1 Å². The summed E-state index contributed by atoms with van der Waals surface area (Å²) >= 11 is 0. The third-order valence-corrected chi connectivity index (χ3v) is 3.58. The summed E-state index contributed by atoms with van der Waals surface area (Å²) in [5.74, 6) is 0.997. The third kappa shape index (κ3) is 3.97. The Labute approximate surface area is 89.1 Å². The van der Waals surface area contributed by atoms with Gasteiger partial charge < -0.3 is 10.2 Å². The molecule has 1 aliphatic carbocycles. The molecule has 2 atom stereocenters. The molecule has 1 saturated carbocycles. The normalized spacial score (nSPS) is 27.4. The van der Waals surface area contributed by atoms with Crippen LogP contribution in [-0.2, 0) is 0 Å². The molecule has 1 N–H and O–H groups in total. The van der Waals surface area contributed by atoms with Gasteiger partial charge in [0.1, 0.15) is 0 Å². The van der Waals surface area contributed by atoms with E-state index in [2.05, 4.69) is 31.1 Å². The molecule has 0 aromatic heterocycles. The number of hydrogen-bond donors (Lipinski definition) is 1. The van der Waals surface area contributed by atoms with Crippen molar-refractivity contribution in [2.75, 3.05) is 26.7 Å². The van der Waals surface area contributed by atoms with Crippen LogP contribution in [-0.4, -0.2) is 37.6 Å². The minimum Gasteiger partial charge on any atom is -0.313 e. The molecule has 1 aliphatic rings. The lowest BCUT2D eigenvalue weighted by molar-refractivity contribution is 0.337. The van der Waals surface area contributed by atoms with Crippen LogP contribution < -0.4 is 5.32 Å². The van der Waals surface area contributed by atoms with Crippen LogP contribution in [0.2, 0.25) is 0 Å². The molecule has 0 aliphatic heterocycles. The fourth-order valence-corrected chi connectivity index (χ4v) is 2.25. The van der Waals surface area contributed by atoms with E-state index >= 15 is 0 Å². The SMILES string of the molecule is CCC1CCC(NCCN(C)CC)C1. The van der Waals surface area contributed by atoms with Gasteiger partial charge in [-0.05, 0) is 38.8 Å². The number of likely N-dealkylation sites (N-methyl/N-ethyl adjacent to an activating group) is 1. The second kappa shape index (κ2) is 6.41. The van der Waals surface area contributed by atoms with E-state index in [1.807, 2.05) is 0 Å². The fraction of sp³-hybridized carbons (Fsp3) is 1.00. The Morgan fingerprint density at radius 2 is 2.07 bits per heavy atom. The molecule has 0 heterocycles. The summed E-state index contributed by atoms with van der Waals surface area (Å²) in [5, 5.41) is 3.67. The molecule has 0 aromatic carbocycles. The Hall–Kier alpha value is -0.0800. The van der Waals surface area contributed by atoms with Crippen LogP contribution in [0.1, 0.15) is 39.5 Å². The summed E-state index contributed by atoms with van der Waals surface area (Å²) < 4.78 is 0. The van der Waals surface area contributed by atoms with E-state index in [1.54, 1.807) is 0 Å². The maximum Gasteiger partial charge on any atom is 0.0104 e. The van der Waals surface area contributed by atoms with Crippen LogP contribution in [0.15, 0.2) is 0 Å². The highest BCUT2D eigenvalue weighted by Gasteiger charge is 2.22. The highest BCUT2D eigenvalue weighted by molar-refractivity contribution is 4.79. The van der Waals surface area contributed by atoms with Gasteiger partial charge in [0.25, 0.3) is 0 Å². The van der Waals surface area contributed by atoms with Crippen molar-refractivity contribution in [1.29, 1.82) is 0 Å². The predicted octanol–water partition coefficient (Wildman–Crippen LogP) is 2.11. The molecule has 2 nitrogen and oxygen atoms in total. The standard InChI is InChI=1S/C12H26N2/c1-4-11-6-7-12(10-11)13-8-9-14(3)5-2/h11-13H,4-10H2,1-3H3. The minimum atomic E-state index is 0.810. The molecule has 14 heavy (non-hydrogen) atoms. The average Bonchev–Trinajstić information content (AvgIpc) is 2.65. The van der Waals surface area contributed by atoms with Gasteiger partial charge in [-0.2, -0.15) is 0 Å². The zero-order valence-electron chi connectivity index (χ0n) is 10.1. The lowest BCUT2D eigenvalue weighted by Crippen LogP contribution is -2.34. The van der Waals surface area contributed by atoms with Crippen molar-refractivity contribution >= 4 is 0 Å². The van der Waals surface area contributed by atoms with Crippen molar-refractivity contribution in [3.8, 4) is 0 Å². The first-order valence-electron chi connectivity index (χ1n) is 6.18. The summed E-state index contributed by atoms with van der Waals surface area (Å²) in [6.45, 7) is 8.03. The quantitative estimate of drug-likeness (QED) is 0.703. The van der Waals surface area contributed by atoms with Crippen molar-refractivity contribution in [3.63, 3.8) is 0 Å². The first-order chi connectivity index (χ1) is 6.76.